The molecule has 1 aliphatic rings. The van der Waals surface area contributed by atoms with Gasteiger partial charge in [-0.3, -0.25) is 0 Å². The molecule has 1 aliphatic heterocycles. The van der Waals surface area contributed by atoms with Crippen LogP contribution in [0.3, 0.4) is 0 Å². The van der Waals surface area contributed by atoms with Crippen LogP contribution in [-0.4, -0.2) is 37.0 Å². The highest BCUT2D eigenvalue weighted by Gasteiger charge is 2.31. The summed E-state index contributed by atoms with van der Waals surface area (Å²) in [6.07, 6.45) is 1.05. The summed E-state index contributed by atoms with van der Waals surface area (Å²) in [7, 11) is -3.49. The fourth-order valence-electron chi connectivity index (χ4n) is 3.16. The van der Waals surface area contributed by atoms with Gasteiger partial charge in [0.25, 0.3) is 0 Å². The maximum atomic E-state index is 12.9. The molecule has 3 rings (SSSR count). The molecule has 1 heterocycles. The van der Waals surface area contributed by atoms with Gasteiger partial charge in [0.2, 0.25) is 10.0 Å². The zero-order chi connectivity index (χ0) is 15.7. The SMILES string of the molecule is CC(O)C1CCN(S(=O)(=O)c2cccc3ccccc23)CC1. The van der Waals surface area contributed by atoms with Gasteiger partial charge in [-0.25, -0.2) is 8.42 Å². The number of sulfonamides is 1. The lowest BCUT2D eigenvalue weighted by atomic mass is 9.93. The molecular weight excluding hydrogens is 298 g/mol. The number of fused-ring (bicyclic) bond motifs is 1. The standard InChI is InChI=1S/C17H21NO3S/c1-13(19)14-9-11-18(12-10-14)22(20,21)17-8-4-6-15-5-2-3-7-16(15)17/h2-8,13-14,19H,9-12H2,1H3. The Kier molecular flexibility index (Phi) is 4.21. The van der Waals surface area contributed by atoms with Crippen molar-refractivity contribution in [1.29, 1.82) is 0 Å². The third-order valence-corrected chi connectivity index (χ3v) is 6.51. The van der Waals surface area contributed by atoms with Crippen molar-refractivity contribution >= 4 is 20.8 Å². The number of piperidine rings is 1. The van der Waals surface area contributed by atoms with Crippen molar-refractivity contribution in [3.05, 3.63) is 42.5 Å². The average molecular weight is 319 g/mol. The molecule has 0 bridgehead atoms. The van der Waals surface area contributed by atoms with E-state index in [0.29, 0.717) is 30.8 Å². The molecular formula is C17H21NO3S. The van der Waals surface area contributed by atoms with Crippen molar-refractivity contribution < 1.29 is 13.5 Å². The quantitative estimate of drug-likeness (QED) is 0.946. The van der Waals surface area contributed by atoms with E-state index < -0.39 is 10.0 Å². The van der Waals surface area contributed by atoms with Crippen LogP contribution in [0.2, 0.25) is 0 Å². The molecule has 118 valence electrons. The number of aliphatic hydroxyl groups excluding tert-OH is 1. The summed E-state index contributed by atoms with van der Waals surface area (Å²) in [5.41, 5.74) is 0. The Labute approximate surface area is 131 Å². The molecule has 1 atom stereocenters. The fraction of sp³-hybridized carbons (Fsp3) is 0.412. The van der Waals surface area contributed by atoms with Gasteiger partial charge < -0.3 is 5.11 Å². The van der Waals surface area contributed by atoms with Crippen molar-refractivity contribution in [2.75, 3.05) is 13.1 Å². The Balaban J connectivity index is 1.93. The van der Waals surface area contributed by atoms with E-state index in [-0.39, 0.29) is 12.0 Å². The van der Waals surface area contributed by atoms with Gasteiger partial charge in [-0.05, 0) is 37.1 Å². The topological polar surface area (TPSA) is 57.6 Å². The summed E-state index contributed by atoms with van der Waals surface area (Å²) < 4.78 is 27.4. The first-order chi connectivity index (χ1) is 10.5. The predicted molar refractivity (Wildman–Crippen MR) is 87.1 cm³/mol. The Morgan fingerprint density at radius 2 is 1.73 bits per heavy atom. The van der Waals surface area contributed by atoms with Crippen LogP contribution in [0, 0.1) is 5.92 Å². The number of benzene rings is 2. The molecule has 0 radical (unpaired) electrons. The van der Waals surface area contributed by atoms with Crippen molar-refractivity contribution in [1.82, 2.24) is 4.31 Å². The second-order valence-corrected chi connectivity index (χ2v) is 7.87. The normalized spacial score (nSPS) is 19.4. The van der Waals surface area contributed by atoms with Crippen molar-refractivity contribution in [2.24, 2.45) is 5.92 Å². The fourth-order valence-corrected chi connectivity index (χ4v) is 4.84. The summed E-state index contributed by atoms with van der Waals surface area (Å²) in [5, 5.41) is 11.4. The zero-order valence-corrected chi connectivity index (χ0v) is 13.5. The molecule has 0 aliphatic carbocycles. The van der Waals surface area contributed by atoms with Crippen LogP contribution in [0.25, 0.3) is 10.8 Å². The van der Waals surface area contributed by atoms with Gasteiger partial charge in [0.05, 0.1) is 11.0 Å². The van der Waals surface area contributed by atoms with E-state index in [1.807, 2.05) is 30.3 Å². The second-order valence-electron chi connectivity index (χ2n) is 5.96. The summed E-state index contributed by atoms with van der Waals surface area (Å²) in [6.45, 7) is 2.72. The van der Waals surface area contributed by atoms with Gasteiger partial charge >= 0.3 is 0 Å². The number of nitrogens with zero attached hydrogens (tertiary/aromatic N) is 1. The Hall–Kier alpha value is -1.43. The molecule has 1 unspecified atom stereocenters. The van der Waals surface area contributed by atoms with E-state index in [0.717, 1.165) is 10.8 Å². The van der Waals surface area contributed by atoms with Gasteiger partial charge in [0.15, 0.2) is 0 Å². The van der Waals surface area contributed by atoms with Gasteiger partial charge in [-0.2, -0.15) is 4.31 Å². The molecule has 4 nitrogen and oxygen atoms in total. The molecule has 1 N–H and O–H groups in total. The second kappa shape index (κ2) is 5.99. The first kappa shape index (κ1) is 15.5. The average Bonchev–Trinajstić information content (AvgIpc) is 2.54. The van der Waals surface area contributed by atoms with Gasteiger partial charge in [-0.1, -0.05) is 36.4 Å². The molecule has 2 aromatic carbocycles. The zero-order valence-electron chi connectivity index (χ0n) is 12.6. The molecule has 0 spiro atoms. The molecule has 0 aromatic heterocycles. The van der Waals surface area contributed by atoms with Gasteiger partial charge in [0, 0.05) is 18.5 Å². The minimum atomic E-state index is -3.49. The number of hydrogen-bond donors (Lipinski definition) is 1. The van der Waals surface area contributed by atoms with E-state index in [9.17, 15) is 13.5 Å². The number of rotatable bonds is 3. The summed E-state index contributed by atoms with van der Waals surface area (Å²) in [5.74, 6) is 0.193. The highest BCUT2D eigenvalue weighted by Crippen LogP contribution is 2.29. The van der Waals surface area contributed by atoms with Crippen LogP contribution in [0.4, 0.5) is 0 Å². The number of hydrogen-bond acceptors (Lipinski definition) is 3. The molecule has 22 heavy (non-hydrogen) atoms. The van der Waals surface area contributed by atoms with Crippen LogP contribution in [0.1, 0.15) is 19.8 Å². The lowest BCUT2D eigenvalue weighted by molar-refractivity contribution is 0.0912. The van der Waals surface area contributed by atoms with Crippen LogP contribution in [-0.2, 0) is 10.0 Å². The van der Waals surface area contributed by atoms with E-state index >= 15 is 0 Å². The monoisotopic (exact) mass is 319 g/mol. The summed E-state index contributed by atoms with van der Waals surface area (Å²) in [6, 6.07) is 12.9. The maximum absolute atomic E-state index is 12.9. The Morgan fingerprint density at radius 3 is 2.41 bits per heavy atom. The summed E-state index contributed by atoms with van der Waals surface area (Å²) >= 11 is 0. The Morgan fingerprint density at radius 1 is 1.09 bits per heavy atom. The predicted octanol–water partition coefficient (Wildman–Crippen LogP) is 2.62. The van der Waals surface area contributed by atoms with Crippen LogP contribution < -0.4 is 0 Å². The maximum Gasteiger partial charge on any atom is 0.243 e. The van der Waals surface area contributed by atoms with Crippen LogP contribution in [0.15, 0.2) is 47.4 Å². The largest absolute Gasteiger partial charge is 0.393 e. The van der Waals surface area contributed by atoms with Crippen LogP contribution >= 0.6 is 0 Å². The Bertz CT molecular complexity index is 757. The third-order valence-electron chi connectivity index (χ3n) is 4.55. The van der Waals surface area contributed by atoms with Gasteiger partial charge in [-0.15, -0.1) is 0 Å². The van der Waals surface area contributed by atoms with E-state index in [1.165, 1.54) is 0 Å². The van der Waals surface area contributed by atoms with Gasteiger partial charge in [0.1, 0.15) is 0 Å². The highest BCUT2D eigenvalue weighted by atomic mass is 32.2. The van der Waals surface area contributed by atoms with Crippen LogP contribution in [0.5, 0.6) is 0 Å². The van der Waals surface area contributed by atoms with E-state index in [1.54, 1.807) is 23.4 Å². The lowest BCUT2D eigenvalue weighted by Crippen LogP contribution is -2.40. The van der Waals surface area contributed by atoms with Crippen molar-refractivity contribution in [2.45, 2.75) is 30.8 Å². The summed E-state index contributed by atoms with van der Waals surface area (Å²) in [4.78, 5) is 0.376. The molecule has 1 saturated heterocycles. The van der Waals surface area contributed by atoms with E-state index in [4.69, 9.17) is 0 Å². The third kappa shape index (κ3) is 2.76. The first-order valence-corrected chi connectivity index (χ1v) is 9.10. The molecule has 5 heteroatoms. The smallest absolute Gasteiger partial charge is 0.243 e. The molecule has 0 amide bonds. The highest BCUT2D eigenvalue weighted by molar-refractivity contribution is 7.89. The first-order valence-electron chi connectivity index (χ1n) is 7.66. The molecule has 0 saturated carbocycles. The van der Waals surface area contributed by atoms with E-state index in [2.05, 4.69) is 0 Å². The minimum absolute atomic E-state index is 0.193. The number of aliphatic hydroxyl groups is 1. The van der Waals surface area contributed by atoms with Crippen molar-refractivity contribution in [3.8, 4) is 0 Å². The lowest BCUT2D eigenvalue weighted by Gasteiger charge is -2.32. The molecule has 2 aromatic rings. The molecule has 1 fully saturated rings. The minimum Gasteiger partial charge on any atom is -0.393 e. The van der Waals surface area contributed by atoms with Crippen molar-refractivity contribution in [3.63, 3.8) is 0 Å².